The van der Waals surface area contributed by atoms with Gasteiger partial charge in [-0.1, -0.05) is 68.9 Å². The van der Waals surface area contributed by atoms with E-state index in [1.807, 2.05) is 30.3 Å². The minimum absolute atomic E-state index is 0.0631. The number of hydrogen-bond acceptors (Lipinski definition) is 3. The average Bonchev–Trinajstić information content (AvgIpc) is 2.72. The van der Waals surface area contributed by atoms with E-state index in [9.17, 15) is 9.59 Å². The second kappa shape index (κ2) is 8.01. The topological polar surface area (TPSA) is 61.4 Å². The van der Waals surface area contributed by atoms with Crippen LogP contribution < -0.4 is 10.7 Å². The van der Waals surface area contributed by atoms with E-state index in [1.165, 1.54) is 19.3 Å². The first-order valence-electron chi connectivity index (χ1n) is 10.6. The zero-order valence-electron chi connectivity index (χ0n) is 16.1. The average molecular weight is 370 g/mol. The van der Waals surface area contributed by atoms with Crippen LogP contribution >= 0.6 is 0 Å². The monoisotopic (exact) mass is 369 g/mol. The van der Waals surface area contributed by atoms with Crippen molar-refractivity contribution in [2.24, 2.45) is 0 Å². The Hall–Kier alpha value is -1.88. The van der Waals surface area contributed by atoms with Crippen LogP contribution in [0.4, 0.5) is 0 Å². The predicted molar refractivity (Wildman–Crippen MR) is 105 cm³/mol. The number of carbonyl (C=O) groups is 2. The van der Waals surface area contributed by atoms with E-state index in [0.29, 0.717) is 6.42 Å². The van der Waals surface area contributed by atoms with Gasteiger partial charge >= 0.3 is 0 Å². The molecule has 1 aromatic rings. The Morgan fingerprint density at radius 2 is 1.70 bits per heavy atom. The molecule has 2 aliphatic carbocycles. The van der Waals surface area contributed by atoms with Crippen LogP contribution in [0.3, 0.4) is 0 Å². The molecule has 0 bridgehead atoms. The lowest BCUT2D eigenvalue weighted by Crippen LogP contribution is -2.78. The highest BCUT2D eigenvalue weighted by Crippen LogP contribution is 2.37. The summed E-state index contributed by atoms with van der Waals surface area (Å²) in [5.74, 6) is 0.132. The molecule has 1 heterocycles. The first-order valence-corrected chi connectivity index (χ1v) is 10.6. The molecule has 5 nitrogen and oxygen atoms in total. The fraction of sp³-hybridized carbons (Fsp3) is 0.636. The Morgan fingerprint density at radius 3 is 2.37 bits per heavy atom. The maximum atomic E-state index is 13.3. The van der Waals surface area contributed by atoms with Gasteiger partial charge in [-0.3, -0.25) is 14.6 Å². The largest absolute Gasteiger partial charge is 0.351 e. The first kappa shape index (κ1) is 18.5. The van der Waals surface area contributed by atoms with E-state index in [4.69, 9.17) is 0 Å². The highest BCUT2D eigenvalue weighted by molar-refractivity contribution is 5.96. The molecule has 3 aliphatic rings. The van der Waals surface area contributed by atoms with Crippen molar-refractivity contribution in [3.05, 3.63) is 35.9 Å². The van der Waals surface area contributed by atoms with Crippen LogP contribution in [0.1, 0.15) is 69.8 Å². The smallest absolute Gasteiger partial charge is 0.257 e. The summed E-state index contributed by atoms with van der Waals surface area (Å²) in [5.41, 5.74) is 3.78. The third-order valence-electron chi connectivity index (χ3n) is 6.56. The molecule has 1 aromatic carbocycles. The Balaban J connectivity index is 1.44. The lowest BCUT2D eigenvalue weighted by Gasteiger charge is -2.52. The summed E-state index contributed by atoms with van der Waals surface area (Å²) in [6, 6.07) is 10.1. The molecule has 1 aliphatic heterocycles. The molecule has 0 aromatic heterocycles. The minimum Gasteiger partial charge on any atom is -0.351 e. The molecule has 2 saturated carbocycles. The van der Waals surface area contributed by atoms with Crippen LogP contribution in [-0.4, -0.2) is 34.4 Å². The fourth-order valence-electron chi connectivity index (χ4n) is 4.94. The van der Waals surface area contributed by atoms with Crippen molar-refractivity contribution in [1.82, 2.24) is 15.8 Å². The van der Waals surface area contributed by atoms with Crippen LogP contribution in [-0.2, 0) is 16.0 Å². The van der Waals surface area contributed by atoms with Crippen LogP contribution in [0, 0.1) is 0 Å². The van der Waals surface area contributed by atoms with Crippen LogP contribution in [0.2, 0.25) is 0 Å². The molecule has 2 N–H and O–H groups in total. The van der Waals surface area contributed by atoms with Crippen LogP contribution in [0.25, 0.3) is 0 Å². The third-order valence-corrected chi connectivity index (χ3v) is 6.56. The summed E-state index contributed by atoms with van der Waals surface area (Å²) in [4.78, 5) is 26.2. The van der Waals surface area contributed by atoms with Crippen LogP contribution in [0.15, 0.2) is 30.3 Å². The number of rotatable bonds is 5. The van der Waals surface area contributed by atoms with E-state index in [1.54, 1.807) is 5.01 Å². The van der Waals surface area contributed by atoms with Gasteiger partial charge in [0.25, 0.3) is 5.91 Å². The Labute approximate surface area is 161 Å². The Bertz CT molecular complexity index is 663. The third kappa shape index (κ3) is 3.75. The first-order chi connectivity index (χ1) is 13.2. The molecule has 3 fully saturated rings. The molecule has 2 amide bonds. The number of hydrazine groups is 1. The van der Waals surface area contributed by atoms with Crippen molar-refractivity contribution in [2.45, 2.75) is 88.3 Å². The normalized spacial score (nSPS) is 25.7. The number of nitrogens with zero attached hydrogens (tertiary/aromatic N) is 1. The molecule has 1 saturated heterocycles. The molecular weight excluding hydrogens is 338 g/mol. The fourth-order valence-corrected chi connectivity index (χ4v) is 4.94. The van der Waals surface area contributed by atoms with E-state index < -0.39 is 5.54 Å². The number of hydrogen-bond donors (Lipinski definition) is 2. The minimum atomic E-state index is -0.694. The van der Waals surface area contributed by atoms with Crippen LogP contribution in [0.5, 0.6) is 0 Å². The van der Waals surface area contributed by atoms with Gasteiger partial charge in [0.05, 0.1) is 0 Å². The molecule has 0 radical (unpaired) electrons. The van der Waals surface area contributed by atoms with E-state index in [-0.39, 0.29) is 23.9 Å². The van der Waals surface area contributed by atoms with Crippen molar-refractivity contribution in [3.8, 4) is 0 Å². The Kier molecular flexibility index (Phi) is 5.48. The lowest BCUT2D eigenvalue weighted by molar-refractivity contribution is -0.175. The predicted octanol–water partition coefficient (Wildman–Crippen LogP) is 3.10. The van der Waals surface area contributed by atoms with E-state index >= 15 is 0 Å². The van der Waals surface area contributed by atoms with Crippen molar-refractivity contribution in [1.29, 1.82) is 0 Å². The highest BCUT2D eigenvalue weighted by Gasteiger charge is 2.54. The second-order valence-electron chi connectivity index (χ2n) is 8.45. The summed E-state index contributed by atoms with van der Waals surface area (Å²) < 4.78 is 0. The maximum Gasteiger partial charge on any atom is 0.257 e. The standard InChI is InChI=1S/C22H31N3O2/c26-20-19(16-17-10-4-1-5-11-17)24-25(20)22(14-8-3-9-15-22)21(27)23-18-12-6-2-7-13-18/h1,4-5,10-11,18-19,24H,2-3,6-9,12-16H2,(H,23,27)/t19-/m1/s1. The number of benzene rings is 1. The molecule has 5 heteroatoms. The van der Waals surface area contributed by atoms with Gasteiger partial charge in [0, 0.05) is 6.04 Å². The SMILES string of the molecule is O=C1[C@@H](Cc2ccccc2)NN1C1(C(=O)NC2CCCCC2)CCCCC1. The van der Waals surface area contributed by atoms with Crippen molar-refractivity contribution in [3.63, 3.8) is 0 Å². The summed E-state index contributed by atoms with van der Waals surface area (Å²) in [5, 5.41) is 4.97. The van der Waals surface area contributed by atoms with Gasteiger partial charge in [0.2, 0.25) is 5.91 Å². The van der Waals surface area contributed by atoms with Gasteiger partial charge < -0.3 is 5.32 Å². The van der Waals surface area contributed by atoms with Gasteiger partial charge in [0.15, 0.2) is 0 Å². The quantitative estimate of drug-likeness (QED) is 0.838. The van der Waals surface area contributed by atoms with Gasteiger partial charge in [0.1, 0.15) is 11.6 Å². The van der Waals surface area contributed by atoms with E-state index in [2.05, 4.69) is 10.7 Å². The lowest BCUT2D eigenvalue weighted by atomic mass is 9.78. The number of amides is 2. The van der Waals surface area contributed by atoms with E-state index in [0.717, 1.165) is 50.5 Å². The molecule has 146 valence electrons. The van der Waals surface area contributed by atoms with Gasteiger partial charge in [-0.05, 0) is 37.7 Å². The summed E-state index contributed by atoms with van der Waals surface area (Å²) in [6.07, 6.45) is 11.2. The molecule has 0 unspecified atom stereocenters. The maximum absolute atomic E-state index is 13.3. The summed E-state index contributed by atoms with van der Waals surface area (Å²) in [6.45, 7) is 0. The van der Waals surface area contributed by atoms with Gasteiger partial charge in [-0.2, -0.15) is 0 Å². The highest BCUT2D eigenvalue weighted by atomic mass is 16.2. The number of nitrogens with one attached hydrogen (secondary N) is 2. The molecular formula is C22H31N3O2. The molecule has 27 heavy (non-hydrogen) atoms. The zero-order chi connectivity index (χ0) is 18.7. The van der Waals surface area contributed by atoms with Crippen molar-refractivity contribution < 1.29 is 9.59 Å². The Morgan fingerprint density at radius 1 is 1.04 bits per heavy atom. The molecule has 1 atom stereocenters. The van der Waals surface area contributed by atoms with Gasteiger partial charge in [-0.25, -0.2) is 5.43 Å². The van der Waals surface area contributed by atoms with Gasteiger partial charge in [-0.15, -0.1) is 0 Å². The summed E-state index contributed by atoms with van der Waals surface area (Å²) in [7, 11) is 0. The molecule has 0 spiro atoms. The summed E-state index contributed by atoms with van der Waals surface area (Å²) >= 11 is 0. The zero-order valence-corrected chi connectivity index (χ0v) is 16.1. The second-order valence-corrected chi connectivity index (χ2v) is 8.45. The van der Waals surface area contributed by atoms with Crippen molar-refractivity contribution in [2.75, 3.05) is 0 Å². The van der Waals surface area contributed by atoms with Crippen molar-refractivity contribution >= 4 is 11.8 Å². The molecule has 4 rings (SSSR count). The number of carbonyl (C=O) groups excluding carboxylic acids is 2.